The molecule has 3 rings (SSSR count). The molecule has 0 aliphatic carbocycles. The van der Waals surface area contributed by atoms with Crippen molar-refractivity contribution >= 4 is 17.0 Å². The van der Waals surface area contributed by atoms with E-state index >= 15 is 0 Å². The lowest BCUT2D eigenvalue weighted by Gasteiger charge is -2.05. The highest BCUT2D eigenvalue weighted by Gasteiger charge is 2.10. The molecule has 1 heterocycles. The molecule has 0 fully saturated rings. The normalized spacial score (nSPS) is 10.6. The molecule has 0 atom stereocenters. The lowest BCUT2D eigenvalue weighted by atomic mass is 10.3. The minimum Gasteiger partial charge on any atom is -0.508 e. The number of esters is 1. The summed E-state index contributed by atoms with van der Waals surface area (Å²) in [5.74, 6) is -0.147. The quantitative estimate of drug-likeness (QED) is 0.401. The van der Waals surface area contributed by atoms with Crippen LogP contribution in [0, 0.1) is 0 Å². The van der Waals surface area contributed by atoms with E-state index in [4.69, 9.17) is 9.47 Å². The Kier molecular flexibility index (Phi) is 4.51. The van der Waals surface area contributed by atoms with Crippen LogP contribution in [0.5, 0.6) is 17.2 Å². The predicted octanol–water partition coefficient (Wildman–Crippen LogP) is 1.94. The zero-order valence-corrected chi connectivity index (χ0v) is 13.1. The largest absolute Gasteiger partial charge is 0.508 e. The van der Waals surface area contributed by atoms with Gasteiger partial charge in [0.1, 0.15) is 47.2 Å². The van der Waals surface area contributed by atoms with E-state index in [1.807, 2.05) is 0 Å². The van der Waals surface area contributed by atoms with Crippen molar-refractivity contribution in [3.8, 4) is 22.9 Å². The summed E-state index contributed by atoms with van der Waals surface area (Å²) in [6.07, 6.45) is 1.09. The second kappa shape index (κ2) is 6.91. The van der Waals surface area contributed by atoms with E-state index in [9.17, 15) is 15.0 Å². The lowest BCUT2D eigenvalue weighted by molar-refractivity contribution is -0.138. The molecule has 2 aromatic carbocycles. The smallest absolute Gasteiger partial charge is 0.330 e. The number of aromatic nitrogens is 3. The molecule has 0 radical (unpaired) electrons. The second-order valence-electron chi connectivity index (χ2n) is 5.03. The van der Waals surface area contributed by atoms with Gasteiger partial charge in [0.2, 0.25) is 0 Å². The molecule has 0 unspecified atom stereocenters. The third-order valence-corrected chi connectivity index (χ3v) is 3.29. The molecule has 0 spiro atoms. The lowest BCUT2D eigenvalue weighted by Crippen LogP contribution is -2.10. The predicted molar refractivity (Wildman–Crippen MR) is 88.8 cm³/mol. The first-order valence-electron chi connectivity index (χ1n) is 7.38. The third kappa shape index (κ3) is 3.69. The molecular weight excluding hydrogens is 326 g/mol. The van der Waals surface area contributed by atoms with Gasteiger partial charge in [-0.3, -0.25) is 0 Å². The molecule has 0 bridgehead atoms. The minimum atomic E-state index is -0.504. The number of aromatic hydroxyl groups is 2. The average Bonchev–Trinajstić information content (AvgIpc) is 3.01. The number of carbonyl (C=O) groups is 1. The van der Waals surface area contributed by atoms with Gasteiger partial charge in [0.05, 0.1) is 0 Å². The summed E-state index contributed by atoms with van der Waals surface area (Å²) in [4.78, 5) is 12.2. The Labute approximate surface area is 142 Å². The molecule has 2 N–H and O–H groups in total. The first-order valence-corrected chi connectivity index (χ1v) is 7.38. The van der Waals surface area contributed by atoms with Gasteiger partial charge in [0, 0.05) is 18.2 Å². The van der Waals surface area contributed by atoms with Crippen LogP contribution in [0.25, 0.3) is 16.7 Å². The van der Waals surface area contributed by atoms with E-state index in [1.165, 1.54) is 23.0 Å². The van der Waals surface area contributed by atoms with Crippen molar-refractivity contribution in [2.45, 2.75) is 0 Å². The van der Waals surface area contributed by atoms with Crippen molar-refractivity contribution in [2.24, 2.45) is 0 Å². The number of ether oxygens (including phenoxy) is 2. The summed E-state index contributed by atoms with van der Waals surface area (Å²) in [5.41, 5.74) is 1.51. The van der Waals surface area contributed by atoms with Crippen LogP contribution in [0.2, 0.25) is 0 Å². The molecule has 0 amide bonds. The van der Waals surface area contributed by atoms with Gasteiger partial charge in [0.15, 0.2) is 0 Å². The zero-order chi connectivity index (χ0) is 17.8. The van der Waals surface area contributed by atoms with E-state index in [1.54, 1.807) is 18.2 Å². The Bertz CT molecular complexity index is 935. The van der Waals surface area contributed by atoms with Crippen LogP contribution >= 0.6 is 0 Å². The van der Waals surface area contributed by atoms with Crippen LogP contribution in [-0.4, -0.2) is 44.4 Å². The maximum atomic E-state index is 10.9. The van der Waals surface area contributed by atoms with Gasteiger partial charge in [-0.2, -0.15) is 0 Å². The molecule has 0 aliphatic rings. The number of rotatable bonds is 6. The molecule has 0 aliphatic heterocycles. The number of fused-ring (bicyclic) bond motifs is 1. The van der Waals surface area contributed by atoms with Crippen molar-refractivity contribution in [3.63, 3.8) is 0 Å². The van der Waals surface area contributed by atoms with Crippen molar-refractivity contribution in [1.82, 2.24) is 15.0 Å². The summed E-state index contributed by atoms with van der Waals surface area (Å²) in [7, 11) is 0. The molecule has 0 saturated heterocycles. The van der Waals surface area contributed by atoms with Gasteiger partial charge in [-0.25, -0.2) is 4.79 Å². The van der Waals surface area contributed by atoms with E-state index < -0.39 is 5.97 Å². The van der Waals surface area contributed by atoms with E-state index in [-0.39, 0.29) is 24.7 Å². The highest BCUT2D eigenvalue weighted by molar-refractivity contribution is 5.81. The molecule has 1 aromatic heterocycles. The van der Waals surface area contributed by atoms with Crippen molar-refractivity contribution in [2.75, 3.05) is 13.2 Å². The monoisotopic (exact) mass is 341 g/mol. The zero-order valence-electron chi connectivity index (χ0n) is 13.1. The van der Waals surface area contributed by atoms with Gasteiger partial charge < -0.3 is 19.7 Å². The first kappa shape index (κ1) is 16.3. The van der Waals surface area contributed by atoms with Gasteiger partial charge in [0.25, 0.3) is 0 Å². The highest BCUT2D eigenvalue weighted by Crippen LogP contribution is 2.26. The number of phenols is 2. The number of nitrogens with zero attached hydrogens (tertiary/aromatic N) is 3. The highest BCUT2D eigenvalue weighted by atomic mass is 16.6. The van der Waals surface area contributed by atoms with E-state index in [0.717, 1.165) is 6.08 Å². The number of benzene rings is 2. The maximum Gasteiger partial charge on any atom is 0.330 e. The summed E-state index contributed by atoms with van der Waals surface area (Å²) in [5, 5.41) is 27.8. The number of hydrogen-bond donors (Lipinski definition) is 2. The fourth-order valence-electron chi connectivity index (χ4n) is 2.13. The Hall–Kier alpha value is -3.55. The van der Waals surface area contributed by atoms with Crippen molar-refractivity contribution < 1.29 is 24.5 Å². The van der Waals surface area contributed by atoms with Crippen LogP contribution in [0.1, 0.15) is 0 Å². The van der Waals surface area contributed by atoms with Crippen LogP contribution in [0.15, 0.2) is 49.1 Å². The third-order valence-electron chi connectivity index (χ3n) is 3.29. The molecule has 25 heavy (non-hydrogen) atoms. The SMILES string of the molecule is C=CC(=O)OCCOc1ccc2nn(-c3ccc(O)cc3O)nc2c1. The van der Waals surface area contributed by atoms with Gasteiger partial charge in [-0.1, -0.05) is 6.58 Å². The van der Waals surface area contributed by atoms with E-state index in [0.29, 0.717) is 22.5 Å². The van der Waals surface area contributed by atoms with Crippen LogP contribution < -0.4 is 4.74 Å². The molecule has 0 saturated carbocycles. The van der Waals surface area contributed by atoms with Crippen LogP contribution in [0.4, 0.5) is 0 Å². The van der Waals surface area contributed by atoms with Gasteiger partial charge in [-0.05, 0) is 24.3 Å². The summed E-state index contributed by atoms with van der Waals surface area (Å²) < 4.78 is 10.3. The first-order chi connectivity index (χ1) is 12.1. The maximum absolute atomic E-state index is 10.9. The minimum absolute atomic E-state index is 0.0502. The number of phenolic OH excluding ortho intramolecular Hbond substituents is 2. The summed E-state index contributed by atoms with van der Waals surface area (Å²) >= 11 is 0. The number of carbonyl (C=O) groups excluding carboxylic acids is 1. The van der Waals surface area contributed by atoms with Crippen LogP contribution in [-0.2, 0) is 9.53 Å². The molecule has 8 nitrogen and oxygen atoms in total. The van der Waals surface area contributed by atoms with Crippen molar-refractivity contribution in [1.29, 1.82) is 0 Å². The van der Waals surface area contributed by atoms with E-state index in [2.05, 4.69) is 16.8 Å². The Morgan fingerprint density at radius 2 is 1.92 bits per heavy atom. The Morgan fingerprint density at radius 3 is 2.68 bits per heavy atom. The fourth-order valence-corrected chi connectivity index (χ4v) is 2.13. The summed E-state index contributed by atoms with van der Waals surface area (Å²) in [6.45, 7) is 3.61. The standard InChI is InChI=1S/C17H15N3O5/c1-2-17(23)25-8-7-24-12-4-5-13-14(10-12)19-20(18-13)15-6-3-11(21)9-16(15)22/h2-6,9-10,21-22H,1,7-8H2. The topological polar surface area (TPSA) is 107 Å². The Morgan fingerprint density at radius 1 is 1.12 bits per heavy atom. The Balaban J connectivity index is 1.75. The molecule has 8 heteroatoms. The molecule has 3 aromatic rings. The molecular formula is C17H15N3O5. The average molecular weight is 341 g/mol. The summed E-state index contributed by atoms with van der Waals surface area (Å²) in [6, 6.07) is 9.28. The van der Waals surface area contributed by atoms with Gasteiger partial charge >= 0.3 is 5.97 Å². The van der Waals surface area contributed by atoms with Crippen molar-refractivity contribution in [3.05, 3.63) is 49.1 Å². The van der Waals surface area contributed by atoms with Gasteiger partial charge in [-0.15, -0.1) is 15.0 Å². The van der Waals surface area contributed by atoms with Crippen LogP contribution in [0.3, 0.4) is 0 Å². The second-order valence-corrected chi connectivity index (χ2v) is 5.03. The fraction of sp³-hybridized carbons (Fsp3) is 0.118. The number of hydrogen-bond acceptors (Lipinski definition) is 7. The molecule has 128 valence electrons.